The normalized spacial score (nSPS) is 15.2. The van der Waals surface area contributed by atoms with Crippen LogP contribution in [0, 0.1) is 0 Å². The first-order valence-electron chi connectivity index (χ1n) is 8.59. The van der Waals surface area contributed by atoms with Crippen molar-refractivity contribution in [2.75, 3.05) is 13.1 Å². The summed E-state index contributed by atoms with van der Waals surface area (Å²) in [7, 11) is 0. The summed E-state index contributed by atoms with van der Waals surface area (Å²) >= 11 is 0. The van der Waals surface area contributed by atoms with Crippen molar-refractivity contribution in [3.05, 3.63) is 29.8 Å². The molecule has 122 valence electrons. The molecule has 0 unspecified atom stereocenters. The van der Waals surface area contributed by atoms with Gasteiger partial charge in [-0.05, 0) is 57.2 Å². The summed E-state index contributed by atoms with van der Waals surface area (Å²) in [5.74, 6) is 1.85. The molecule has 0 aliphatic heterocycles. The Morgan fingerprint density at radius 2 is 1.68 bits per heavy atom. The van der Waals surface area contributed by atoms with Crippen molar-refractivity contribution < 1.29 is 4.74 Å². The predicted octanol–water partition coefficient (Wildman–Crippen LogP) is 3.47. The molecule has 0 radical (unpaired) electrons. The molecule has 4 nitrogen and oxygen atoms in total. The number of ether oxygens (including phenoxy) is 1. The number of hydrogen-bond acceptors (Lipinski definition) is 2. The van der Waals surface area contributed by atoms with Crippen LogP contribution in [0.15, 0.2) is 29.3 Å². The Morgan fingerprint density at radius 3 is 2.27 bits per heavy atom. The van der Waals surface area contributed by atoms with Gasteiger partial charge in [0.1, 0.15) is 5.75 Å². The fraction of sp³-hybridized carbons (Fsp3) is 0.611. The quantitative estimate of drug-likeness (QED) is 0.625. The average Bonchev–Trinajstić information content (AvgIpc) is 2.55. The van der Waals surface area contributed by atoms with Crippen LogP contribution in [0.2, 0.25) is 0 Å². The zero-order valence-electron chi connectivity index (χ0n) is 13.9. The van der Waals surface area contributed by atoms with Gasteiger partial charge in [-0.15, -0.1) is 0 Å². The Balaban J connectivity index is 1.86. The Kier molecular flexibility index (Phi) is 7.07. The van der Waals surface area contributed by atoms with Crippen LogP contribution >= 0.6 is 0 Å². The molecule has 0 spiro atoms. The third kappa shape index (κ3) is 5.58. The summed E-state index contributed by atoms with van der Waals surface area (Å²) in [4.78, 5) is 4.57. The van der Waals surface area contributed by atoms with Gasteiger partial charge in [0.25, 0.3) is 0 Å². The summed E-state index contributed by atoms with van der Waals surface area (Å²) in [6, 6.07) is 8.35. The Morgan fingerprint density at radius 1 is 1.05 bits per heavy atom. The Hall–Kier alpha value is -1.71. The molecule has 0 saturated heterocycles. The summed E-state index contributed by atoms with van der Waals surface area (Å²) in [6.45, 7) is 6.58. The van der Waals surface area contributed by atoms with E-state index in [1.807, 2.05) is 0 Å². The van der Waals surface area contributed by atoms with E-state index in [4.69, 9.17) is 4.74 Å². The standard InChI is InChI=1S/C18H29N3O/c1-3-19-18(20-4-2)21-14-15-10-12-17(13-11-15)22-16-8-6-5-7-9-16/h10-13,16H,3-9,14H2,1-2H3,(H2,19,20,21). The number of guanidine groups is 1. The van der Waals surface area contributed by atoms with Gasteiger partial charge in [0, 0.05) is 13.1 Å². The molecule has 1 aliphatic carbocycles. The van der Waals surface area contributed by atoms with Crippen molar-refractivity contribution in [3.8, 4) is 5.75 Å². The Labute approximate surface area is 134 Å². The maximum atomic E-state index is 6.05. The van der Waals surface area contributed by atoms with E-state index in [0.29, 0.717) is 12.6 Å². The van der Waals surface area contributed by atoms with Crippen molar-refractivity contribution in [2.45, 2.75) is 58.6 Å². The third-order valence-corrected chi connectivity index (χ3v) is 3.89. The van der Waals surface area contributed by atoms with Crippen molar-refractivity contribution in [1.29, 1.82) is 0 Å². The van der Waals surface area contributed by atoms with Gasteiger partial charge in [-0.2, -0.15) is 0 Å². The fourth-order valence-electron chi connectivity index (χ4n) is 2.73. The highest BCUT2D eigenvalue weighted by molar-refractivity contribution is 5.79. The SMILES string of the molecule is CCNC(=NCc1ccc(OC2CCCCC2)cc1)NCC. The molecule has 2 rings (SSSR count). The van der Waals surface area contributed by atoms with E-state index in [1.54, 1.807) is 0 Å². The van der Waals surface area contributed by atoms with Crippen LogP contribution in [-0.2, 0) is 6.54 Å². The molecule has 1 saturated carbocycles. The molecule has 0 bridgehead atoms. The van der Waals surface area contributed by atoms with Crippen LogP contribution in [0.4, 0.5) is 0 Å². The molecular weight excluding hydrogens is 274 g/mol. The van der Waals surface area contributed by atoms with Gasteiger partial charge in [-0.3, -0.25) is 0 Å². The summed E-state index contributed by atoms with van der Waals surface area (Å²) in [6.07, 6.45) is 6.76. The highest BCUT2D eigenvalue weighted by atomic mass is 16.5. The first-order chi connectivity index (χ1) is 10.8. The maximum absolute atomic E-state index is 6.05. The predicted molar refractivity (Wildman–Crippen MR) is 92.4 cm³/mol. The smallest absolute Gasteiger partial charge is 0.191 e. The lowest BCUT2D eigenvalue weighted by Crippen LogP contribution is -2.36. The highest BCUT2D eigenvalue weighted by Gasteiger charge is 2.14. The topological polar surface area (TPSA) is 45.7 Å². The second kappa shape index (κ2) is 9.34. The van der Waals surface area contributed by atoms with Crippen molar-refractivity contribution in [1.82, 2.24) is 10.6 Å². The largest absolute Gasteiger partial charge is 0.490 e. The minimum Gasteiger partial charge on any atom is -0.490 e. The number of nitrogens with zero attached hydrogens (tertiary/aromatic N) is 1. The molecule has 0 aromatic heterocycles. The first-order valence-corrected chi connectivity index (χ1v) is 8.59. The zero-order chi connectivity index (χ0) is 15.6. The number of aliphatic imine (C=N–C) groups is 1. The number of hydrogen-bond donors (Lipinski definition) is 2. The van der Waals surface area contributed by atoms with E-state index in [-0.39, 0.29) is 0 Å². The molecule has 1 aliphatic rings. The fourth-order valence-corrected chi connectivity index (χ4v) is 2.73. The maximum Gasteiger partial charge on any atom is 0.191 e. The van der Waals surface area contributed by atoms with Crippen LogP contribution in [0.3, 0.4) is 0 Å². The molecule has 0 amide bonds. The van der Waals surface area contributed by atoms with E-state index in [0.717, 1.165) is 24.8 Å². The van der Waals surface area contributed by atoms with E-state index in [1.165, 1.54) is 37.7 Å². The lowest BCUT2D eigenvalue weighted by atomic mass is 9.98. The van der Waals surface area contributed by atoms with E-state index in [2.05, 4.69) is 53.7 Å². The second-order valence-corrected chi connectivity index (χ2v) is 5.75. The summed E-state index contributed by atoms with van der Waals surface area (Å²) in [5.41, 5.74) is 1.20. The minimum absolute atomic E-state index is 0.409. The highest BCUT2D eigenvalue weighted by Crippen LogP contribution is 2.23. The van der Waals surface area contributed by atoms with Crippen LogP contribution in [0.1, 0.15) is 51.5 Å². The van der Waals surface area contributed by atoms with Gasteiger partial charge in [0.05, 0.1) is 12.6 Å². The monoisotopic (exact) mass is 303 g/mol. The second-order valence-electron chi connectivity index (χ2n) is 5.75. The van der Waals surface area contributed by atoms with Crippen molar-refractivity contribution >= 4 is 5.96 Å². The third-order valence-electron chi connectivity index (χ3n) is 3.89. The summed E-state index contributed by atoms with van der Waals surface area (Å²) in [5, 5.41) is 6.47. The summed E-state index contributed by atoms with van der Waals surface area (Å²) < 4.78 is 6.05. The lowest BCUT2D eigenvalue weighted by molar-refractivity contribution is 0.155. The molecule has 4 heteroatoms. The molecular formula is C18H29N3O. The molecule has 1 fully saturated rings. The van der Waals surface area contributed by atoms with Gasteiger partial charge in [-0.1, -0.05) is 18.6 Å². The van der Waals surface area contributed by atoms with Crippen molar-refractivity contribution in [3.63, 3.8) is 0 Å². The number of nitrogens with one attached hydrogen (secondary N) is 2. The van der Waals surface area contributed by atoms with Crippen LogP contribution in [0.25, 0.3) is 0 Å². The molecule has 1 aromatic carbocycles. The zero-order valence-corrected chi connectivity index (χ0v) is 13.9. The van der Waals surface area contributed by atoms with Crippen molar-refractivity contribution in [2.24, 2.45) is 4.99 Å². The lowest BCUT2D eigenvalue weighted by Gasteiger charge is -2.23. The number of rotatable bonds is 6. The van der Waals surface area contributed by atoms with E-state index >= 15 is 0 Å². The molecule has 0 atom stereocenters. The minimum atomic E-state index is 0.409. The van der Waals surface area contributed by atoms with E-state index < -0.39 is 0 Å². The Bertz CT molecular complexity index is 442. The van der Waals surface area contributed by atoms with Gasteiger partial charge < -0.3 is 15.4 Å². The molecule has 22 heavy (non-hydrogen) atoms. The first kappa shape index (κ1) is 16.7. The average molecular weight is 303 g/mol. The van der Waals surface area contributed by atoms with E-state index in [9.17, 15) is 0 Å². The van der Waals surface area contributed by atoms with Gasteiger partial charge >= 0.3 is 0 Å². The van der Waals surface area contributed by atoms with Gasteiger partial charge in [0.15, 0.2) is 5.96 Å². The van der Waals surface area contributed by atoms with Gasteiger partial charge in [-0.25, -0.2) is 4.99 Å². The van der Waals surface area contributed by atoms with Crippen LogP contribution < -0.4 is 15.4 Å². The molecule has 1 aromatic rings. The van der Waals surface area contributed by atoms with Gasteiger partial charge in [0.2, 0.25) is 0 Å². The number of benzene rings is 1. The molecule has 0 heterocycles. The molecule has 2 N–H and O–H groups in total. The van der Waals surface area contributed by atoms with Crippen LogP contribution in [-0.4, -0.2) is 25.2 Å². The van der Waals surface area contributed by atoms with Crippen LogP contribution in [0.5, 0.6) is 5.75 Å².